The predicted octanol–water partition coefficient (Wildman–Crippen LogP) is 3.06. The Kier molecular flexibility index (Phi) is 5.45. The number of esters is 1. The standard InChI is InChI=1S/C21H21N3O3/c1-14-15(2)23-19-11-17(9-10-18(19)22-14)21(26)24(13-20(25)27-3)12-16-7-5-4-6-8-16/h4-11H,12-13H2,1-3H3. The summed E-state index contributed by atoms with van der Waals surface area (Å²) in [4.78, 5) is 35.3. The summed E-state index contributed by atoms with van der Waals surface area (Å²) in [6, 6.07) is 14.7. The van der Waals surface area contributed by atoms with Crippen molar-refractivity contribution in [2.24, 2.45) is 0 Å². The van der Waals surface area contributed by atoms with Gasteiger partial charge in [0.2, 0.25) is 0 Å². The number of methoxy groups -OCH3 is 1. The van der Waals surface area contributed by atoms with Gasteiger partial charge in [0, 0.05) is 12.1 Å². The maximum atomic E-state index is 13.1. The molecule has 3 aromatic rings. The Morgan fingerprint density at radius 1 is 0.963 bits per heavy atom. The molecular weight excluding hydrogens is 342 g/mol. The van der Waals surface area contributed by atoms with Crippen LogP contribution in [0.2, 0.25) is 0 Å². The van der Waals surface area contributed by atoms with Crippen molar-refractivity contribution in [1.29, 1.82) is 0 Å². The molecular formula is C21H21N3O3. The number of benzene rings is 2. The second kappa shape index (κ2) is 7.95. The van der Waals surface area contributed by atoms with Crippen LogP contribution in [0.3, 0.4) is 0 Å². The summed E-state index contributed by atoms with van der Waals surface area (Å²) in [5.74, 6) is -0.725. The second-order valence-corrected chi connectivity index (χ2v) is 6.32. The van der Waals surface area contributed by atoms with Gasteiger partial charge in [-0.3, -0.25) is 9.59 Å². The quantitative estimate of drug-likeness (QED) is 0.652. The van der Waals surface area contributed by atoms with E-state index in [1.54, 1.807) is 18.2 Å². The van der Waals surface area contributed by atoms with Crippen LogP contribution in [0.15, 0.2) is 48.5 Å². The van der Waals surface area contributed by atoms with Gasteiger partial charge in [0.15, 0.2) is 0 Å². The first-order valence-corrected chi connectivity index (χ1v) is 8.63. The smallest absolute Gasteiger partial charge is 0.325 e. The lowest BCUT2D eigenvalue weighted by Crippen LogP contribution is -2.35. The first kappa shape index (κ1) is 18.5. The average molecular weight is 363 g/mol. The molecule has 0 saturated carbocycles. The number of nitrogens with zero attached hydrogens (tertiary/aromatic N) is 3. The van der Waals surface area contributed by atoms with Gasteiger partial charge in [-0.1, -0.05) is 30.3 Å². The maximum Gasteiger partial charge on any atom is 0.325 e. The van der Waals surface area contributed by atoms with E-state index in [1.807, 2.05) is 44.2 Å². The highest BCUT2D eigenvalue weighted by Gasteiger charge is 2.20. The molecule has 2 aromatic carbocycles. The summed E-state index contributed by atoms with van der Waals surface area (Å²) in [6.45, 7) is 3.97. The van der Waals surface area contributed by atoms with Gasteiger partial charge in [-0.2, -0.15) is 0 Å². The van der Waals surface area contributed by atoms with Crippen molar-refractivity contribution in [2.75, 3.05) is 13.7 Å². The van der Waals surface area contributed by atoms with Gasteiger partial charge in [-0.15, -0.1) is 0 Å². The van der Waals surface area contributed by atoms with Gasteiger partial charge >= 0.3 is 5.97 Å². The van der Waals surface area contributed by atoms with E-state index in [0.29, 0.717) is 17.6 Å². The van der Waals surface area contributed by atoms with E-state index in [-0.39, 0.29) is 12.5 Å². The summed E-state index contributed by atoms with van der Waals surface area (Å²) in [5.41, 5.74) is 4.46. The molecule has 0 aliphatic rings. The van der Waals surface area contributed by atoms with Crippen LogP contribution in [0, 0.1) is 13.8 Å². The summed E-state index contributed by atoms with van der Waals surface area (Å²) in [7, 11) is 1.31. The predicted molar refractivity (Wildman–Crippen MR) is 102 cm³/mol. The van der Waals surface area contributed by atoms with Crippen molar-refractivity contribution in [3.8, 4) is 0 Å². The average Bonchev–Trinajstić information content (AvgIpc) is 2.68. The molecule has 3 rings (SSSR count). The molecule has 0 saturated heterocycles. The Morgan fingerprint density at radius 3 is 2.30 bits per heavy atom. The second-order valence-electron chi connectivity index (χ2n) is 6.32. The molecule has 138 valence electrons. The summed E-state index contributed by atoms with van der Waals surface area (Å²) < 4.78 is 4.75. The zero-order chi connectivity index (χ0) is 19.4. The molecule has 6 heteroatoms. The normalized spacial score (nSPS) is 10.6. The van der Waals surface area contributed by atoms with E-state index in [9.17, 15) is 9.59 Å². The fraction of sp³-hybridized carbons (Fsp3) is 0.238. The number of aryl methyl sites for hydroxylation is 2. The third kappa shape index (κ3) is 4.28. The minimum atomic E-state index is -0.466. The minimum Gasteiger partial charge on any atom is -0.468 e. The van der Waals surface area contributed by atoms with Crippen LogP contribution in [0.4, 0.5) is 0 Å². The molecule has 1 aromatic heterocycles. The lowest BCUT2D eigenvalue weighted by molar-refractivity contribution is -0.141. The highest BCUT2D eigenvalue weighted by atomic mass is 16.5. The summed E-state index contributed by atoms with van der Waals surface area (Å²) in [6.07, 6.45) is 0. The Labute approximate surface area is 157 Å². The van der Waals surface area contributed by atoms with Crippen LogP contribution in [0.5, 0.6) is 0 Å². The molecule has 6 nitrogen and oxygen atoms in total. The van der Waals surface area contributed by atoms with Crippen molar-refractivity contribution in [3.05, 3.63) is 71.0 Å². The van der Waals surface area contributed by atoms with Crippen LogP contribution in [0.1, 0.15) is 27.3 Å². The molecule has 0 atom stereocenters. The van der Waals surface area contributed by atoms with Crippen molar-refractivity contribution in [1.82, 2.24) is 14.9 Å². The molecule has 0 N–H and O–H groups in total. The van der Waals surface area contributed by atoms with E-state index in [1.165, 1.54) is 12.0 Å². The van der Waals surface area contributed by atoms with Crippen LogP contribution in [-0.4, -0.2) is 40.4 Å². The molecule has 0 fully saturated rings. The van der Waals surface area contributed by atoms with Gasteiger partial charge in [0.05, 0.1) is 29.5 Å². The SMILES string of the molecule is COC(=O)CN(Cc1ccccc1)C(=O)c1ccc2nc(C)c(C)nc2c1. The van der Waals surface area contributed by atoms with Gasteiger partial charge in [-0.25, -0.2) is 9.97 Å². The number of amides is 1. The Balaban J connectivity index is 1.93. The lowest BCUT2D eigenvalue weighted by atomic mass is 10.1. The molecule has 0 spiro atoms. The van der Waals surface area contributed by atoms with Crippen molar-refractivity contribution in [3.63, 3.8) is 0 Å². The van der Waals surface area contributed by atoms with E-state index in [4.69, 9.17) is 4.74 Å². The number of fused-ring (bicyclic) bond motifs is 1. The van der Waals surface area contributed by atoms with E-state index in [2.05, 4.69) is 9.97 Å². The van der Waals surface area contributed by atoms with E-state index < -0.39 is 5.97 Å². The van der Waals surface area contributed by atoms with Gasteiger partial charge in [0.1, 0.15) is 6.54 Å². The molecule has 0 bridgehead atoms. The highest BCUT2D eigenvalue weighted by Crippen LogP contribution is 2.17. The van der Waals surface area contributed by atoms with E-state index in [0.717, 1.165) is 22.5 Å². The largest absolute Gasteiger partial charge is 0.468 e. The van der Waals surface area contributed by atoms with Gasteiger partial charge in [-0.05, 0) is 37.6 Å². The van der Waals surface area contributed by atoms with Crippen LogP contribution in [-0.2, 0) is 16.1 Å². The van der Waals surface area contributed by atoms with Crippen molar-refractivity contribution >= 4 is 22.9 Å². The van der Waals surface area contributed by atoms with Crippen LogP contribution < -0.4 is 0 Å². The number of aromatic nitrogens is 2. The van der Waals surface area contributed by atoms with E-state index >= 15 is 0 Å². The molecule has 0 radical (unpaired) electrons. The minimum absolute atomic E-state index is 0.124. The Bertz CT molecular complexity index is 987. The molecule has 1 heterocycles. The molecule has 0 aliphatic carbocycles. The van der Waals surface area contributed by atoms with Crippen LogP contribution >= 0.6 is 0 Å². The third-order valence-corrected chi connectivity index (χ3v) is 4.37. The van der Waals surface area contributed by atoms with Crippen LogP contribution in [0.25, 0.3) is 11.0 Å². The lowest BCUT2D eigenvalue weighted by Gasteiger charge is -2.22. The van der Waals surface area contributed by atoms with Crippen molar-refractivity contribution in [2.45, 2.75) is 20.4 Å². The molecule has 0 unspecified atom stereocenters. The fourth-order valence-corrected chi connectivity index (χ4v) is 2.77. The fourth-order valence-electron chi connectivity index (χ4n) is 2.77. The first-order chi connectivity index (χ1) is 13.0. The Hall–Kier alpha value is -3.28. The molecule has 0 aliphatic heterocycles. The Morgan fingerprint density at radius 2 is 1.63 bits per heavy atom. The number of hydrogen-bond donors (Lipinski definition) is 0. The third-order valence-electron chi connectivity index (χ3n) is 4.37. The monoisotopic (exact) mass is 363 g/mol. The highest BCUT2D eigenvalue weighted by molar-refractivity contribution is 5.98. The molecule has 1 amide bonds. The number of ether oxygens (including phenoxy) is 1. The summed E-state index contributed by atoms with van der Waals surface area (Å²) in [5, 5.41) is 0. The number of hydrogen-bond acceptors (Lipinski definition) is 5. The van der Waals surface area contributed by atoms with Crippen molar-refractivity contribution < 1.29 is 14.3 Å². The molecule has 27 heavy (non-hydrogen) atoms. The zero-order valence-electron chi connectivity index (χ0n) is 15.6. The number of rotatable bonds is 5. The topological polar surface area (TPSA) is 72.4 Å². The van der Waals surface area contributed by atoms with Gasteiger partial charge in [0.25, 0.3) is 5.91 Å². The number of carbonyl (C=O) groups is 2. The van der Waals surface area contributed by atoms with Gasteiger partial charge < -0.3 is 9.64 Å². The zero-order valence-corrected chi connectivity index (χ0v) is 15.6. The summed E-state index contributed by atoms with van der Waals surface area (Å²) >= 11 is 0. The first-order valence-electron chi connectivity index (χ1n) is 8.63. The number of carbonyl (C=O) groups excluding carboxylic acids is 2. The maximum absolute atomic E-state index is 13.1.